The molecule has 2 rings (SSSR count). The summed E-state index contributed by atoms with van der Waals surface area (Å²) in [7, 11) is 1.38. The van der Waals surface area contributed by atoms with Gasteiger partial charge < -0.3 is 9.84 Å². The highest BCUT2D eigenvalue weighted by atomic mass is 32.1. The van der Waals surface area contributed by atoms with Crippen LogP contribution in [0.25, 0.3) is 0 Å². The summed E-state index contributed by atoms with van der Waals surface area (Å²) in [4.78, 5) is 0.850. The van der Waals surface area contributed by atoms with Crippen LogP contribution in [0.5, 0.6) is 5.75 Å². The molecule has 1 aromatic carbocycles. The molecule has 2 nitrogen and oxygen atoms in total. The Labute approximate surface area is 148 Å². The number of aliphatic hydroxyl groups excluding tert-OH is 1. The fourth-order valence-electron chi connectivity index (χ4n) is 3.02. The molecule has 0 saturated carbocycles. The van der Waals surface area contributed by atoms with Gasteiger partial charge in [0, 0.05) is 21.8 Å². The predicted molar refractivity (Wildman–Crippen MR) is 89.7 cm³/mol. The summed E-state index contributed by atoms with van der Waals surface area (Å²) >= 11 is 1.41. The first-order valence-corrected chi connectivity index (χ1v) is 8.59. The van der Waals surface area contributed by atoms with Crippen molar-refractivity contribution in [2.24, 2.45) is 0 Å². The average molecular weight is 376 g/mol. The lowest BCUT2D eigenvalue weighted by Gasteiger charge is -2.38. The molecule has 1 N–H and O–H groups in total. The van der Waals surface area contributed by atoms with Crippen molar-refractivity contribution in [3.63, 3.8) is 0 Å². The van der Waals surface area contributed by atoms with E-state index in [4.69, 9.17) is 4.74 Å². The van der Waals surface area contributed by atoms with E-state index in [0.29, 0.717) is 11.3 Å². The SMILES string of the molecule is COc1ccc(F)cc1C(C)(CC(O)C(F)(F)F)C(C)c1cccs1. The molecule has 0 aliphatic heterocycles. The fourth-order valence-corrected chi connectivity index (χ4v) is 3.95. The van der Waals surface area contributed by atoms with E-state index >= 15 is 0 Å². The Morgan fingerprint density at radius 1 is 1.24 bits per heavy atom. The third kappa shape index (κ3) is 4.15. The van der Waals surface area contributed by atoms with E-state index < -0.39 is 29.9 Å². The summed E-state index contributed by atoms with van der Waals surface area (Å²) in [5.74, 6) is -0.663. The highest BCUT2D eigenvalue weighted by Crippen LogP contribution is 2.48. The highest BCUT2D eigenvalue weighted by Gasteiger charge is 2.46. The van der Waals surface area contributed by atoms with E-state index in [1.807, 2.05) is 11.4 Å². The van der Waals surface area contributed by atoms with Gasteiger partial charge in [-0.25, -0.2) is 4.39 Å². The molecule has 2 aromatic rings. The minimum atomic E-state index is -4.75. The van der Waals surface area contributed by atoms with Crippen LogP contribution in [0.3, 0.4) is 0 Å². The molecule has 138 valence electrons. The number of halogens is 4. The Balaban J connectivity index is 2.58. The van der Waals surface area contributed by atoms with Crippen LogP contribution in [0.15, 0.2) is 35.7 Å². The molecule has 3 unspecified atom stereocenters. The van der Waals surface area contributed by atoms with Gasteiger partial charge in [0.15, 0.2) is 6.10 Å². The molecule has 0 aliphatic rings. The Kier molecular flexibility index (Phi) is 5.79. The first-order valence-electron chi connectivity index (χ1n) is 7.71. The van der Waals surface area contributed by atoms with Gasteiger partial charge in [-0.3, -0.25) is 0 Å². The molecule has 0 aliphatic carbocycles. The molecule has 0 bridgehead atoms. The smallest absolute Gasteiger partial charge is 0.414 e. The second-order valence-corrected chi connectivity index (χ2v) is 7.24. The summed E-state index contributed by atoms with van der Waals surface area (Å²) in [6.07, 6.45) is -7.88. The molecule has 1 heterocycles. The van der Waals surface area contributed by atoms with Gasteiger partial charge in [0.2, 0.25) is 0 Å². The van der Waals surface area contributed by atoms with Gasteiger partial charge in [0.25, 0.3) is 0 Å². The van der Waals surface area contributed by atoms with Gasteiger partial charge in [-0.05, 0) is 36.1 Å². The van der Waals surface area contributed by atoms with E-state index in [2.05, 4.69) is 0 Å². The lowest BCUT2D eigenvalue weighted by molar-refractivity contribution is -0.209. The number of alkyl halides is 3. The zero-order valence-electron chi connectivity index (χ0n) is 14.1. The van der Waals surface area contributed by atoms with Crippen molar-refractivity contribution in [1.29, 1.82) is 0 Å². The molecule has 3 atom stereocenters. The quantitative estimate of drug-likeness (QED) is 0.696. The molecule has 1 aromatic heterocycles. The molecular formula is C18H20F4O2S. The minimum Gasteiger partial charge on any atom is -0.496 e. The lowest BCUT2D eigenvalue weighted by Crippen LogP contribution is -2.39. The number of hydrogen-bond donors (Lipinski definition) is 1. The lowest BCUT2D eigenvalue weighted by atomic mass is 9.68. The van der Waals surface area contributed by atoms with E-state index in [0.717, 1.165) is 4.88 Å². The monoisotopic (exact) mass is 376 g/mol. The Morgan fingerprint density at radius 2 is 1.92 bits per heavy atom. The van der Waals surface area contributed by atoms with E-state index in [-0.39, 0.29) is 5.92 Å². The van der Waals surface area contributed by atoms with Gasteiger partial charge >= 0.3 is 6.18 Å². The molecule has 0 fully saturated rings. The van der Waals surface area contributed by atoms with Gasteiger partial charge in [-0.2, -0.15) is 13.2 Å². The molecular weight excluding hydrogens is 356 g/mol. The molecule has 25 heavy (non-hydrogen) atoms. The number of hydrogen-bond acceptors (Lipinski definition) is 3. The fraction of sp³-hybridized carbons (Fsp3) is 0.444. The predicted octanol–water partition coefficient (Wildman–Crippen LogP) is 5.27. The summed E-state index contributed by atoms with van der Waals surface area (Å²) in [5, 5.41) is 11.5. The van der Waals surface area contributed by atoms with Crippen LogP contribution in [0.1, 0.15) is 36.6 Å². The van der Waals surface area contributed by atoms with Crippen molar-refractivity contribution in [3.05, 3.63) is 52.0 Å². The normalized spacial score (nSPS) is 17.0. The second kappa shape index (κ2) is 7.33. The Morgan fingerprint density at radius 3 is 2.44 bits per heavy atom. The van der Waals surface area contributed by atoms with E-state index in [1.165, 1.54) is 36.6 Å². The summed E-state index contributed by atoms with van der Waals surface area (Å²) in [5.41, 5.74) is -0.882. The third-order valence-electron chi connectivity index (χ3n) is 4.70. The molecule has 0 spiro atoms. The second-order valence-electron chi connectivity index (χ2n) is 6.26. The van der Waals surface area contributed by atoms with Gasteiger partial charge in [0.05, 0.1) is 7.11 Å². The van der Waals surface area contributed by atoms with E-state index in [9.17, 15) is 22.7 Å². The zero-order valence-corrected chi connectivity index (χ0v) is 14.9. The average Bonchev–Trinajstić information content (AvgIpc) is 3.07. The largest absolute Gasteiger partial charge is 0.496 e. The van der Waals surface area contributed by atoms with Gasteiger partial charge in [-0.1, -0.05) is 19.9 Å². The number of benzene rings is 1. The van der Waals surface area contributed by atoms with Crippen LogP contribution in [0, 0.1) is 5.82 Å². The van der Waals surface area contributed by atoms with Crippen molar-refractivity contribution in [3.8, 4) is 5.75 Å². The van der Waals surface area contributed by atoms with Gasteiger partial charge in [0.1, 0.15) is 11.6 Å². The summed E-state index contributed by atoms with van der Waals surface area (Å²) < 4.78 is 58.1. The topological polar surface area (TPSA) is 29.5 Å². The van der Waals surface area contributed by atoms with Crippen molar-refractivity contribution in [1.82, 2.24) is 0 Å². The van der Waals surface area contributed by atoms with Crippen LogP contribution in [-0.2, 0) is 5.41 Å². The zero-order chi connectivity index (χ0) is 18.8. The minimum absolute atomic E-state index is 0.293. The van der Waals surface area contributed by atoms with Gasteiger partial charge in [-0.15, -0.1) is 11.3 Å². The van der Waals surface area contributed by atoms with Crippen molar-refractivity contribution < 1.29 is 27.4 Å². The maximum atomic E-state index is 13.9. The van der Waals surface area contributed by atoms with Crippen molar-refractivity contribution >= 4 is 11.3 Å². The highest BCUT2D eigenvalue weighted by molar-refractivity contribution is 7.10. The molecule has 0 radical (unpaired) electrons. The molecule has 0 amide bonds. The van der Waals surface area contributed by atoms with Crippen LogP contribution >= 0.6 is 11.3 Å². The third-order valence-corrected chi connectivity index (χ3v) is 5.75. The number of ether oxygens (including phenoxy) is 1. The number of rotatable bonds is 6. The standard InChI is InChI=1S/C18H20F4O2S/c1-11(15-5-4-8-25-15)17(2,10-16(23)18(20,21)22)13-9-12(19)6-7-14(13)24-3/h4-9,11,16,23H,10H2,1-3H3. The maximum absolute atomic E-state index is 13.9. The maximum Gasteiger partial charge on any atom is 0.414 e. The van der Waals surface area contributed by atoms with Crippen molar-refractivity contribution in [2.75, 3.05) is 7.11 Å². The number of aliphatic hydroxyl groups is 1. The summed E-state index contributed by atoms with van der Waals surface area (Å²) in [6.45, 7) is 3.38. The van der Waals surface area contributed by atoms with Crippen LogP contribution < -0.4 is 4.74 Å². The Hall–Kier alpha value is -1.60. The Bertz CT molecular complexity index is 700. The number of methoxy groups -OCH3 is 1. The molecule has 0 saturated heterocycles. The first kappa shape index (κ1) is 19.7. The number of thiophene rings is 1. The van der Waals surface area contributed by atoms with Crippen LogP contribution in [0.2, 0.25) is 0 Å². The van der Waals surface area contributed by atoms with E-state index in [1.54, 1.807) is 19.9 Å². The van der Waals surface area contributed by atoms with Crippen molar-refractivity contribution in [2.45, 2.75) is 43.9 Å². The van der Waals surface area contributed by atoms with Crippen LogP contribution in [-0.4, -0.2) is 24.5 Å². The summed E-state index contributed by atoms with van der Waals surface area (Å²) in [6, 6.07) is 7.40. The van der Waals surface area contributed by atoms with Crippen LogP contribution in [0.4, 0.5) is 17.6 Å². The molecule has 7 heteroatoms. The first-order chi connectivity index (χ1) is 11.6.